The Hall–Kier alpha value is -2.82. The Morgan fingerprint density at radius 3 is 2.60 bits per heavy atom. The SMILES string of the molecule is COc1ccc(CCC(=O)Nc2ccc3c(c2)N(C(C)=O)CC3)cc1. The minimum absolute atomic E-state index is 0.0294. The Morgan fingerprint density at radius 2 is 1.92 bits per heavy atom. The minimum atomic E-state index is -0.0388. The lowest BCUT2D eigenvalue weighted by Gasteiger charge is -2.16. The smallest absolute Gasteiger partial charge is 0.224 e. The van der Waals surface area contributed by atoms with Gasteiger partial charge < -0.3 is 15.0 Å². The van der Waals surface area contributed by atoms with E-state index < -0.39 is 0 Å². The molecule has 0 radical (unpaired) electrons. The first-order valence-electron chi connectivity index (χ1n) is 8.40. The fourth-order valence-electron chi connectivity index (χ4n) is 3.06. The minimum Gasteiger partial charge on any atom is -0.497 e. The quantitative estimate of drug-likeness (QED) is 0.911. The third-order valence-electron chi connectivity index (χ3n) is 4.44. The zero-order valence-corrected chi connectivity index (χ0v) is 14.5. The van der Waals surface area contributed by atoms with Gasteiger partial charge in [-0.2, -0.15) is 0 Å². The van der Waals surface area contributed by atoms with Crippen molar-refractivity contribution in [1.82, 2.24) is 0 Å². The zero-order chi connectivity index (χ0) is 17.8. The molecule has 0 aromatic heterocycles. The van der Waals surface area contributed by atoms with Crippen molar-refractivity contribution in [3.63, 3.8) is 0 Å². The maximum Gasteiger partial charge on any atom is 0.224 e. The second kappa shape index (κ2) is 7.38. The summed E-state index contributed by atoms with van der Waals surface area (Å²) in [5.74, 6) is 0.797. The van der Waals surface area contributed by atoms with Gasteiger partial charge in [0.25, 0.3) is 0 Å². The molecule has 2 aromatic carbocycles. The first-order chi connectivity index (χ1) is 12.1. The Kier molecular flexibility index (Phi) is 5.03. The first kappa shape index (κ1) is 17.0. The molecule has 2 amide bonds. The van der Waals surface area contributed by atoms with Crippen molar-refractivity contribution in [2.75, 3.05) is 23.9 Å². The summed E-state index contributed by atoms with van der Waals surface area (Å²) in [6.07, 6.45) is 1.93. The summed E-state index contributed by atoms with van der Waals surface area (Å²) >= 11 is 0. The van der Waals surface area contributed by atoms with Crippen LogP contribution in [0.2, 0.25) is 0 Å². The summed E-state index contributed by atoms with van der Waals surface area (Å²) in [5.41, 5.74) is 3.87. The van der Waals surface area contributed by atoms with E-state index in [0.717, 1.165) is 34.7 Å². The molecule has 0 saturated carbocycles. The highest BCUT2D eigenvalue weighted by Crippen LogP contribution is 2.31. The van der Waals surface area contributed by atoms with Gasteiger partial charge in [-0.3, -0.25) is 9.59 Å². The largest absolute Gasteiger partial charge is 0.497 e. The number of nitrogens with one attached hydrogen (secondary N) is 1. The van der Waals surface area contributed by atoms with Crippen LogP contribution in [0.25, 0.3) is 0 Å². The van der Waals surface area contributed by atoms with Crippen LogP contribution in [0, 0.1) is 0 Å². The number of nitrogens with zero attached hydrogens (tertiary/aromatic N) is 1. The average Bonchev–Trinajstić information content (AvgIpc) is 3.04. The van der Waals surface area contributed by atoms with Crippen LogP contribution < -0.4 is 15.0 Å². The highest BCUT2D eigenvalue weighted by atomic mass is 16.5. The maximum atomic E-state index is 12.2. The van der Waals surface area contributed by atoms with Gasteiger partial charge in [-0.15, -0.1) is 0 Å². The van der Waals surface area contributed by atoms with Gasteiger partial charge in [0, 0.05) is 31.3 Å². The fourth-order valence-corrected chi connectivity index (χ4v) is 3.06. The average molecular weight is 338 g/mol. The number of carbonyl (C=O) groups is 2. The van der Waals surface area contributed by atoms with Gasteiger partial charge >= 0.3 is 0 Å². The molecule has 1 heterocycles. The molecule has 0 unspecified atom stereocenters. The number of anilines is 2. The van der Waals surface area contributed by atoms with Crippen LogP contribution in [0.4, 0.5) is 11.4 Å². The van der Waals surface area contributed by atoms with Crippen molar-refractivity contribution in [2.24, 2.45) is 0 Å². The molecule has 0 fully saturated rings. The highest BCUT2D eigenvalue weighted by molar-refractivity contribution is 5.96. The molecule has 1 aliphatic heterocycles. The third kappa shape index (κ3) is 3.99. The number of amides is 2. The number of fused-ring (bicyclic) bond motifs is 1. The van der Waals surface area contributed by atoms with Crippen molar-refractivity contribution in [2.45, 2.75) is 26.2 Å². The molecule has 0 saturated heterocycles. The van der Waals surface area contributed by atoms with Crippen LogP contribution >= 0.6 is 0 Å². The fraction of sp³-hybridized carbons (Fsp3) is 0.300. The Labute approximate surface area is 147 Å². The number of benzene rings is 2. The van der Waals surface area contributed by atoms with Gasteiger partial charge in [0.15, 0.2) is 0 Å². The van der Waals surface area contributed by atoms with Crippen LogP contribution in [-0.4, -0.2) is 25.5 Å². The number of aryl methyl sites for hydroxylation is 1. The predicted octanol–water partition coefficient (Wildman–Crippen LogP) is 3.18. The lowest BCUT2D eigenvalue weighted by Crippen LogP contribution is -2.25. The molecule has 5 nitrogen and oxygen atoms in total. The van der Waals surface area contributed by atoms with Crippen LogP contribution in [0.5, 0.6) is 5.75 Å². The number of hydrogen-bond donors (Lipinski definition) is 1. The Morgan fingerprint density at radius 1 is 1.16 bits per heavy atom. The molecule has 1 N–H and O–H groups in total. The van der Waals surface area contributed by atoms with Crippen molar-refractivity contribution in [1.29, 1.82) is 0 Å². The van der Waals surface area contributed by atoms with E-state index in [9.17, 15) is 9.59 Å². The van der Waals surface area contributed by atoms with Crippen LogP contribution in [0.15, 0.2) is 42.5 Å². The molecule has 0 bridgehead atoms. The van der Waals surface area contributed by atoms with Gasteiger partial charge in [0.05, 0.1) is 7.11 Å². The molecule has 0 atom stereocenters. The van der Waals surface area contributed by atoms with Gasteiger partial charge in [0.2, 0.25) is 11.8 Å². The second-order valence-electron chi connectivity index (χ2n) is 6.16. The lowest BCUT2D eigenvalue weighted by molar-refractivity contribution is -0.117. The van der Waals surface area contributed by atoms with E-state index >= 15 is 0 Å². The van der Waals surface area contributed by atoms with Gasteiger partial charge in [-0.1, -0.05) is 18.2 Å². The summed E-state index contributed by atoms with van der Waals surface area (Å²) < 4.78 is 5.13. The van der Waals surface area contributed by atoms with Crippen molar-refractivity contribution in [3.05, 3.63) is 53.6 Å². The number of carbonyl (C=O) groups excluding carboxylic acids is 2. The molecule has 130 valence electrons. The van der Waals surface area contributed by atoms with E-state index in [1.165, 1.54) is 0 Å². The third-order valence-corrected chi connectivity index (χ3v) is 4.44. The standard InChI is InChI=1S/C20H22N2O3/c1-14(23)22-12-11-16-6-7-17(13-19(16)22)21-20(24)10-5-15-3-8-18(25-2)9-4-15/h3-4,6-9,13H,5,10-12H2,1-2H3,(H,21,24). The summed E-state index contributed by atoms with van der Waals surface area (Å²) in [4.78, 5) is 25.6. The molecule has 25 heavy (non-hydrogen) atoms. The number of methoxy groups -OCH3 is 1. The topological polar surface area (TPSA) is 58.6 Å². The van der Waals surface area contributed by atoms with Crippen molar-refractivity contribution in [3.8, 4) is 5.75 Å². The van der Waals surface area contributed by atoms with Crippen molar-refractivity contribution >= 4 is 23.2 Å². The number of hydrogen-bond acceptors (Lipinski definition) is 3. The summed E-state index contributed by atoms with van der Waals surface area (Å²) in [7, 11) is 1.63. The predicted molar refractivity (Wildman–Crippen MR) is 98.1 cm³/mol. The second-order valence-corrected chi connectivity index (χ2v) is 6.16. The van der Waals surface area contributed by atoms with Gasteiger partial charge in [-0.05, 0) is 48.2 Å². The highest BCUT2D eigenvalue weighted by Gasteiger charge is 2.22. The monoisotopic (exact) mass is 338 g/mol. The normalized spacial score (nSPS) is 12.6. The van der Waals surface area contributed by atoms with E-state index in [0.29, 0.717) is 19.4 Å². The first-order valence-corrected chi connectivity index (χ1v) is 8.40. The van der Waals surface area contributed by atoms with Crippen LogP contribution in [-0.2, 0) is 22.4 Å². The Balaban J connectivity index is 1.59. The molecule has 5 heteroatoms. The van der Waals surface area contributed by atoms with Crippen molar-refractivity contribution < 1.29 is 14.3 Å². The zero-order valence-electron chi connectivity index (χ0n) is 14.5. The number of ether oxygens (including phenoxy) is 1. The molecule has 0 aliphatic carbocycles. The summed E-state index contributed by atoms with van der Waals surface area (Å²) in [6.45, 7) is 2.27. The maximum absolute atomic E-state index is 12.2. The molecule has 2 aromatic rings. The summed E-state index contributed by atoms with van der Waals surface area (Å²) in [6, 6.07) is 13.5. The van der Waals surface area contributed by atoms with Gasteiger partial charge in [-0.25, -0.2) is 0 Å². The molecule has 1 aliphatic rings. The molecule has 3 rings (SSSR count). The lowest BCUT2D eigenvalue weighted by atomic mass is 10.1. The van der Waals surface area contributed by atoms with E-state index in [-0.39, 0.29) is 11.8 Å². The molecular formula is C20H22N2O3. The summed E-state index contributed by atoms with van der Waals surface area (Å²) in [5, 5.41) is 2.92. The molecular weight excluding hydrogens is 316 g/mol. The molecule has 0 spiro atoms. The number of rotatable bonds is 5. The van der Waals surface area contributed by atoms with E-state index in [1.54, 1.807) is 18.9 Å². The van der Waals surface area contributed by atoms with E-state index in [4.69, 9.17) is 4.74 Å². The van der Waals surface area contributed by atoms with Crippen LogP contribution in [0.3, 0.4) is 0 Å². The van der Waals surface area contributed by atoms with E-state index in [1.807, 2.05) is 42.5 Å². The van der Waals surface area contributed by atoms with E-state index in [2.05, 4.69) is 5.32 Å². The van der Waals surface area contributed by atoms with Gasteiger partial charge in [0.1, 0.15) is 5.75 Å². The Bertz CT molecular complexity index is 784. The van der Waals surface area contributed by atoms with Crippen LogP contribution in [0.1, 0.15) is 24.5 Å².